The molecule has 0 aliphatic carbocycles. The third kappa shape index (κ3) is 2.42. The summed E-state index contributed by atoms with van der Waals surface area (Å²) >= 11 is 0. The summed E-state index contributed by atoms with van der Waals surface area (Å²) in [6, 6.07) is 24.0. The Kier molecular flexibility index (Phi) is 3.42. The summed E-state index contributed by atoms with van der Waals surface area (Å²) in [6.45, 7) is 1.66. The molecule has 0 atom stereocenters. The molecule has 4 heteroatoms. The summed E-state index contributed by atoms with van der Waals surface area (Å²) in [7, 11) is 0. The number of rotatable bonds is 2. The highest BCUT2D eigenvalue weighted by Gasteiger charge is 2.29. The first-order valence-electron chi connectivity index (χ1n) is 8.77. The Morgan fingerprint density at radius 3 is 1.85 bits per heavy atom. The summed E-state index contributed by atoms with van der Waals surface area (Å²) in [5, 5.41) is 0. The van der Waals surface area contributed by atoms with Gasteiger partial charge in [0.15, 0.2) is 11.5 Å². The Morgan fingerprint density at radius 2 is 1.27 bits per heavy atom. The number of nitrogens with zero attached hydrogens (tertiary/aromatic N) is 2. The monoisotopic (exact) mass is 342 g/mol. The van der Waals surface area contributed by atoms with Gasteiger partial charge in [-0.2, -0.15) is 0 Å². The fraction of sp³-hybridized carbons (Fsp3) is 0.136. The summed E-state index contributed by atoms with van der Waals surface area (Å²) in [6.07, 6.45) is 0. The Morgan fingerprint density at radius 1 is 0.769 bits per heavy atom. The first-order valence-corrected chi connectivity index (χ1v) is 8.77. The molecule has 0 saturated carbocycles. The minimum Gasteiger partial charge on any atom is -0.453 e. The van der Waals surface area contributed by atoms with E-state index >= 15 is 0 Å². The maximum absolute atomic E-state index is 13.0. The van der Waals surface area contributed by atoms with Crippen molar-refractivity contribution in [2.45, 2.75) is 13.1 Å². The van der Waals surface area contributed by atoms with Crippen LogP contribution in [0.5, 0.6) is 11.5 Å². The highest BCUT2D eigenvalue weighted by molar-refractivity contribution is 5.88. The average molecular weight is 342 g/mol. The van der Waals surface area contributed by atoms with Crippen LogP contribution in [0.15, 0.2) is 72.8 Å². The second-order valence-corrected chi connectivity index (χ2v) is 6.64. The number of fused-ring (bicyclic) bond motifs is 3. The lowest BCUT2D eigenvalue weighted by Crippen LogP contribution is -2.36. The molecule has 26 heavy (non-hydrogen) atoms. The maximum atomic E-state index is 13.0. The molecular formula is C22H18N2O2. The van der Waals surface area contributed by atoms with Crippen molar-refractivity contribution in [2.24, 2.45) is 0 Å². The van der Waals surface area contributed by atoms with Crippen molar-refractivity contribution in [2.75, 3.05) is 11.4 Å². The van der Waals surface area contributed by atoms with Gasteiger partial charge in [0.25, 0.3) is 0 Å². The van der Waals surface area contributed by atoms with E-state index in [4.69, 9.17) is 4.74 Å². The second-order valence-electron chi connectivity index (χ2n) is 6.64. The van der Waals surface area contributed by atoms with Gasteiger partial charge in [-0.25, -0.2) is 0 Å². The molecule has 0 N–H and O–H groups in total. The number of carbonyl (C=O) groups excluding carboxylic acids is 1. The van der Waals surface area contributed by atoms with Gasteiger partial charge in [-0.3, -0.25) is 4.79 Å². The van der Waals surface area contributed by atoms with Gasteiger partial charge >= 0.3 is 0 Å². The molecule has 2 aliphatic rings. The molecule has 2 heterocycles. The molecule has 0 saturated heterocycles. The zero-order valence-corrected chi connectivity index (χ0v) is 14.3. The Labute approximate surface area is 152 Å². The normalized spacial score (nSPS) is 14.3. The number of hydrogen-bond acceptors (Lipinski definition) is 3. The Hall–Kier alpha value is -3.27. The molecular weight excluding hydrogens is 324 g/mol. The summed E-state index contributed by atoms with van der Waals surface area (Å²) in [5.74, 6) is 1.68. The average Bonchev–Trinajstić information content (AvgIpc) is 3.12. The van der Waals surface area contributed by atoms with Gasteiger partial charge in [-0.05, 0) is 35.4 Å². The van der Waals surface area contributed by atoms with E-state index < -0.39 is 0 Å². The predicted octanol–water partition coefficient (Wildman–Crippen LogP) is 4.47. The third-order valence-electron chi connectivity index (χ3n) is 5.02. The molecule has 0 bridgehead atoms. The highest BCUT2D eigenvalue weighted by Crippen LogP contribution is 2.46. The molecule has 1 amide bonds. The molecule has 128 valence electrons. The molecule has 4 nitrogen and oxygen atoms in total. The quantitative estimate of drug-likeness (QED) is 0.689. The molecule has 5 rings (SSSR count). The molecule has 3 aromatic carbocycles. The smallest absolute Gasteiger partial charge is 0.243 e. The Bertz CT molecular complexity index is 928. The van der Waals surface area contributed by atoms with Gasteiger partial charge in [0.2, 0.25) is 5.91 Å². The topological polar surface area (TPSA) is 32.8 Å². The summed E-state index contributed by atoms with van der Waals surface area (Å²) < 4.78 is 6.00. The standard InChI is InChI=1S/C22H18N2O2/c25-22(23-13-16-7-1-2-8-17(16)14-23)15-24-18-9-3-5-11-20(18)26-21-12-6-4-10-19(21)24/h1-12H,13-15H2. The number of ether oxygens (including phenoxy) is 1. The number of carbonyl (C=O) groups is 1. The molecule has 0 spiro atoms. The molecule has 2 aliphatic heterocycles. The number of amides is 1. The first-order chi connectivity index (χ1) is 12.8. The lowest BCUT2D eigenvalue weighted by Gasteiger charge is -2.33. The highest BCUT2D eigenvalue weighted by atomic mass is 16.5. The van der Waals surface area contributed by atoms with Crippen LogP contribution < -0.4 is 9.64 Å². The van der Waals surface area contributed by atoms with E-state index in [1.54, 1.807) is 0 Å². The molecule has 0 unspecified atom stereocenters. The van der Waals surface area contributed by atoms with Gasteiger partial charge in [-0.15, -0.1) is 0 Å². The van der Waals surface area contributed by atoms with Crippen LogP contribution in [0.2, 0.25) is 0 Å². The van der Waals surface area contributed by atoms with Crippen molar-refractivity contribution < 1.29 is 9.53 Å². The van der Waals surface area contributed by atoms with E-state index in [9.17, 15) is 4.79 Å². The zero-order valence-electron chi connectivity index (χ0n) is 14.3. The lowest BCUT2D eigenvalue weighted by atomic mass is 10.1. The van der Waals surface area contributed by atoms with Crippen LogP contribution in [0, 0.1) is 0 Å². The Balaban J connectivity index is 1.45. The minimum atomic E-state index is 0.118. The predicted molar refractivity (Wildman–Crippen MR) is 101 cm³/mol. The fourth-order valence-corrected chi connectivity index (χ4v) is 3.70. The van der Waals surface area contributed by atoms with Crippen LogP contribution in [-0.4, -0.2) is 17.4 Å². The maximum Gasteiger partial charge on any atom is 0.243 e. The van der Waals surface area contributed by atoms with Gasteiger partial charge < -0.3 is 14.5 Å². The molecule has 0 aromatic heterocycles. The van der Waals surface area contributed by atoms with Gasteiger partial charge in [0.05, 0.1) is 11.4 Å². The van der Waals surface area contributed by atoms with Crippen LogP contribution in [0.4, 0.5) is 11.4 Å². The van der Waals surface area contributed by atoms with E-state index in [0.29, 0.717) is 19.6 Å². The van der Waals surface area contributed by atoms with Crippen LogP contribution >= 0.6 is 0 Å². The zero-order chi connectivity index (χ0) is 17.5. The number of anilines is 2. The van der Waals surface area contributed by atoms with E-state index in [1.165, 1.54) is 11.1 Å². The van der Waals surface area contributed by atoms with E-state index in [2.05, 4.69) is 17.0 Å². The van der Waals surface area contributed by atoms with Crippen LogP contribution in [0.1, 0.15) is 11.1 Å². The minimum absolute atomic E-state index is 0.118. The fourth-order valence-electron chi connectivity index (χ4n) is 3.70. The van der Waals surface area contributed by atoms with Crippen molar-refractivity contribution in [3.63, 3.8) is 0 Å². The van der Waals surface area contributed by atoms with Gasteiger partial charge in [0.1, 0.15) is 6.54 Å². The van der Waals surface area contributed by atoms with Crippen LogP contribution in [-0.2, 0) is 17.9 Å². The third-order valence-corrected chi connectivity index (χ3v) is 5.02. The summed E-state index contributed by atoms with van der Waals surface area (Å²) in [5.41, 5.74) is 4.33. The first kappa shape index (κ1) is 15.0. The molecule has 3 aromatic rings. The van der Waals surface area contributed by atoms with Gasteiger partial charge in [0, 0.05) is 13.1 Å². The molecule has 0 radical (unpaired) electrons. The number of para-hydroxylation sites is 4. The second kappa shape index (κ2) is 5.92. The van der Waals surface area contributed by atoms with Crippen LogP contribution in [0.3, 0.4) is 0 Å². The number of hydrogen-bond donors (Lipinski definition) is 0. The van der Waals surface area contributed by atoms with E-state index in [1.807, 2.05) is 65.6 Å². The van der Waals surface area contributed by atoms with Crippen LogP contribution in [0.25, 0.3) is 0 Å². The number of benzene rings is 3. The SMILES string of the molecule is O=C(CN1c2ccccc2Oc2ccccc21)N1Cc2ccccc2C1. The lowest BCUT2D eigenvalue weighted by molar-refractivity contribution is -0.130. The molecule has 0 fully saturated rings. The van der Waals surface area contributed by atoms with Crippen molar-refractivity contribution in [3.05, 3.63) is 83.9 Å². The van der Waals surface area contributed by atoms with E-state index in [-0.39, 0.29) is 5.91 Å². The summed E-state index contributed by atoms with van der Waals surface area (Å²) in [4.78, 5) is 17.0. The van der Waals surface area contributed by atoms with Crippen molar-refractivity contribution in [1.29, 1.82) is 0 Å². The van der Waals surface area contributed by atoms with E-state index in [0.717, 1.165) is 22.9 Å². The van der Waals surface area contributed by atoms with Crippen molar-refractivity contribution >= 4 is 17.3 Å². The van der Waals surface area contributed by atoms with Gasteiger partial charge in [-0.1, -0.05) is 48.5 Å². The largest absolute Gasteiger partial charge is 0.453 e. The van der Waals surface area contributed by atoms with Crippen molar-refractivity contribution in [1.82, 2.24) is 4.90 Å². The van der Waals surface area contributed by atoms with Crippen molar-refractivity contribution in [3.8, 4) is 11.5 Å².